The van der Waals surface area contributed by atoms with Crippen LogP contribution >= 0.6 is 0 Å². The van der Waals surface area contributed by atoms with Gasteiger partial charge in [0.15, 0.2) is 0 Å². The Morgan fingerprint density at radius 2 is 0.423 bits per heavy atom. The van der Waals surface area contributed by atoms with Crippen molar-refractivity contribution in [3.63, 3.8) is 0 Å². The summed E-state index contributed by atoms with van der Waals surface area (Å²) in [6.07, 6.45) is 2.31. The number of carbonyl (C=O) groups excluding carboxylic acids is 6. The summed E-state index contributed by atoms with van der Waals surface area (Å²) < 4.78 is 0. The number of hydrogen-bond acceptors (Lipinski definition) is 12. The summed E-state index contributed by atoms with van der Waals surface area (Å²) in [6, 6.07) is 0. The van der Waals surface area contributed by atoms with Gasteiger partial charge in [-0.05, 0) is 36.5 Å². The zero-order chi connectivity index (χ0) is 19.7. The molecule has 0 saturated heterocycles. The molecule has 0 aromatic heterocycles. The van der Waals surface area contributed by atoms with Crippen LogP contribution < -0.4 is 30.6 Å². The van der Waals surface area contributed by atoms with Crippen LogP contribution in [0.25, 0.3) is 0 Å². The second kappa shape index (κ2) is 22.1. The van der Waals surface area contributed by atoms with Crippen LogP contribution in [0.3, 0.4) is 0 Å². The van der Waals surface area contributed by atoms with Gasteiger partial charge in [0.2, 0.25) is 0 Å². The van der Waals surface area contributed by atoms with Crippen LogP contribution in [0, 0.1) is 0 Å². The molecule has 0 bridgehead atoms. The van der Waals surface area contributed by atoms with Crippen molar-refractivity contribution in [2.75, 3.05) is 0 Å². The monoisotopic (exact) mass is 396 g/mol. The average Bonchev–Trinajstić information content (AvgIpc) is 2.42. The summed E-state index contributed by atoms with van der Waals surface area (Å²) in [5.74, 6) is -9.28. The molecule has 0 N–H and O–H groups in total. The molecule has 14 heteroatoms. The van der Waals surface area contributed by atoms with Crippen LogP contribution in [0.1, 0.15) is 0 Å². The topological polar surface area (TPSA) is 241 Å². The fraction of sp³-hybridized carbons (Fsp3) is 0. The molecule has 0 unspecified atom stereocenters. The minimum Gasteiger partial charge on any atom is -0.545 e. The normalized spacial score (nSPS) is 8.77. The van der Waals surface area contributed by atoms with Crippen molar-refractivity contribution < 1.29 is 59.4 Å². The van der Waals surface area contributed by atoms with Crippen LogP contribution in [-0.4, -0.2) is 70.5 Å². The molecule has 0 amide bonds. The first kappa shape index (κ1) is 34.4. The van der Waals surface area contributed by atoms with E-state index in [1.54, 1.807) is 0 Å². The fourth-order valence-electron chi connectivity index (χ4n) is 0.408. The van der Waals surface area contributed by atoms with E-state index in [2.05, 4.69) is 0 Å². The van der Waals surface area contributed by atoms with E-state index in [1.807, 2.05) is 0 Å². The third-order valence-electron chi connectivity index (χ3n) is 1.07. The predicted molar refractivity (Wildman–Crippen MR) is 69.0 cm³/mol. The summed E-state index contributed by atoms with van der Waals surface area (Å²) in [5.41, 5.74) is 0. The van der Waals surface area contributed by atoms with Crippen LogP contribution in [0.2, 0.25) is 0 Å². The van der Waals surface area contributed by atoms with Gasteiger partial charge in [0.05, 0.1) is 35.8 Å². The van der Waals surface area contributed by atoms with E-state index >= 15 is 0 Å². The number of hydrogen-bond donors (Lipinski definition) is 0. The van der Waals surface area contributed by atoms with Crippen molar-refractivity contribution >= 4 is 70.5 Å². The van der Waals surface area contributed by atoms with E-state index in [-0.39, 0.29) is 34.7 Å². The van der Waals surface area contributed by atoms with Crippen LogP contribution in [0.15, 0.2) is 36.5 Å². The van der Waals surface area contributed by atoms with Crippen molar-refractivity contribution in [3.05, 3.63) is 36.5 Å². The van der Waals surface area contributed by atoms with Gasteiger partial charge in [-0.15, -0.1) is 0 Å². The molecule has 0 aliphatic heterocycles. The molecule has 12 nitrogen and oxygen atoms in total. The van der Waals surface area contributed by atoms with E-state index in [4.69, 9.17) is 0 Å². The summed E-state index contributed by atoms with van der Waals surface area (Å²) in [5, 5.41) is 56.5. The molecule has 0 radical (unpaired) electrons. The van der Waals surface area contributed by atoms with Gasteiger partial charge in [0, 0.05) is 0 Å². The molecule has 0 heterocycles. The Morgan fingerprint density at radius 1 is 0.346 bits per heavy atom. The van der Waals surface area contributed by atoms with Crippen molar-refractivity contribution in [2.45, 2.75) is 0 Å². The van der Waals surface area contributed by atoms with E-state index in [1.165, 1.54) is 0 Å². The molecule has 0 aromatic rings. The summed E-state index contributed by atoms with van der Waals surface area (Å²) >= 11 is 0. The Balaban J connectivity index is -0.0000000817. The minimum absolute atomic E-state index is 0. The summed E-state index contributed by atoms with van der Waals surface area (Å²) in [7, 11) is 0. The molecule has 0 aromatic carbocycles. The quantitative estimate of drug-likeness (QED) is 0.300. The van der Waals surface area contributed by atoms with Gasteiger partial charge < -0.3 is 59.4 Å². The van der Waals surface area contributed by atoms with E-state index < -0.39 is 35.8 Å². The molecular formula is C12H6Al2O12. The first-order valence-electron chi connectivity index (χ1n) is 5.18. The van der Waals surface area contributed by atoms with Gasteiger partial charge in [-0.2, -0.15) is 0 Å². The van der Waals surface area contributed by atoms with E-state index in [0.717, 1.165) is 0 Å². The average molecular weight is 396 g/mol. The van der Waals surface area contributed by atoms with Crippen molar-refractivity contribution in [1.29, 1.82) is 0 Å². The van der Waals surface area contributed by atoms with Gasteiger partial charge in [-0.3, -0.25) is 0 Å². The second-order valence-corrected chi connectivity index (χ2v) is 2.91. The zero-order valence-electron chi connectivity index (χ0n) is 12.5. The van der Waals surface area contributed by atoms with E-state index in [9.17, 15) is 59.4 Å². The SMILES string of the molecule is O=C([O-])C=CC(=O)[O-].O=C([O-])C=CC(=O)[O-].O=C([O-])C=CC(=O)[O-].[Al+3].[Al+3]. The molecule has 26 heavy (non-hydrogen) atoms. The standard InChI is InChI=1S/3C4H4O4.2Al/c3*5-3(6)1-2-4(7)8;;/h3*1-2H,(H,5,6)(H,7,8);;/q;;;2*+3/p-6. The van der Waals surface area contributed by atoms with Crippen molar-refractivity contribution in [3.8, 4) is 0 Å². The molecule has 0 aliphatic carbocycles. The van der Waals surface area contributed by atoms with Gasteiger partial charge in [-0.25, -0.2) is 0 Å². The first-order chi connectivity index (χ1) is 10.9. The number of rotatable bonds is 6. The largest absolute Gasteiger partial charge is 3.00 e. The Bertz CT molecular complexity index is 448. The molecule has 0 saturated carbocycles. The van der Waals surface area contributed by atoms with Gasteiger partial charge in [0.25, 0.3) is 0 Å². The van der Waals surface area contributed by atoms with Crippen LogP contribution in [0.4, 0.5) is 0 Å². The summed E-state index contributed by atoms with van der Waals surface area (Å²) in [4.78, 5) is 56.5. The molecule has 0 atom stereocenters. The van der Waals surface area contributed by atoms with Crippen LogP contribution in [-0.2, 0) is 28.8 Å². The van der Waals surface area contributed by atoms with Gasteiger partial charge in [-0.1, -0.05) is 0 Å². The third kappa shape index (κ3) is 58.2. The number of carboxylic acid groups (broad SMARTS) is 6. The van der Waals surface area contributed by atoms with Crippen molar-refractivity contribution in [1.82, 2.24) is 0 Å². The van der Waals surface area contributed by atoms with Gasteiger partial charge >= 0.3 is 34.7 Å². The summed E-state index contributed by atoms with van der Waals surface area (Å²) in [6.45, 7) is 0. The molecule has 0 rings (SSSR count). The first-order valence-corrected chi connectivity index (χ1v) is 5.18. The maximum Gasteiger partial charge on any atom is 3.00 e. The number of aliphatic carboxylic acids is 6. The molecule has 0 fully saturated rings. The Morgan fingerprint density at radius 3 is 0.462 bits per heavy atom. The maximum absolute atomic E-state index is 9.41. The Kier molecular flexibility index (Phi) is 29.3. The molecule has 0 aliphatic rings. The zero-order valence-corrected chi connectivity index (χ0v) is 14.8. The smallest absolute Gasteiger partial charge is 0.545 e. The Labute approximate surface area is 166 Å². The van der Waals surface area contributed by atoms with Gasteiger partial charge in [0.1, 0.15) is 0 Å². The van der Waals surface area contributed by atoms with Crippen LogP contribution in [0.5, 0.6) is 0 Å². The van der Waals surface area contributed by atoms with Crippen molar-refractivity contribution in [2.24, 2.45) is 0 Å². The Hall–Kier alpha value is -2.90. The predicted octanol–water partition coefficient (Wildman–Crippen LogP) is -9.63. The number of carboxylic acids is 6. The third-order valence-corrected chi connectivity index (χ3v) is 1.07. The molecule has 0 spiro atoms. The fourth-order valence-corrected chi connectivity index (χ4v) is 0.408. The molecular weight excluding hydrogens is 390 g/mol. The number of carbonyl (C=O) groups is 6. The minimum atomic E-state index is -1.55. The molecule has 132 valence electrons. The maximum atomic E-state index is 9.41. The second-order valence-electron chi connectivity index (χ2n) is 2.91. The van der Waals surface area contributed by atoms with E-state index in [0.29, 0.717) is 36.5 Å².